The molecule has 0 spiro atoms. The van der Waals surface area contributed by atoms with Crippen LogP contribution in [-0.2, 0) is 4.79 Å². The summed E-state index contributed by atoms with van der Waals surface area (Å²) in [5, 5.41) is 2.75. The number of hydrogen-bond acceptors (Lipinski definition) is 2. The average Bonchev–Trinajstić information content (AvgIpc) is 2.98. The summed E-state index contributed by atoms with van der Waals surface area (Å²) >= 11 is 0. The molecule has 104 valence electrons. The maximum Gasteiger partial charge on any atom is 0.220 e. The molecule has 1 atom stereocenters. The molecule has 19 heavy (non-hydrogen) atoms. The highest BCUT2D eigenvalue weighted by molar-refractivity contribution is 5.76. The molecule has 3 heteroatoms. The van der Waals surface area contributed by atoms with Crippen molar-refractivity contribution < 1.29 is 9.53 Å². The van der Waals surface area contributed by atoms with Crippen LogP contribution < -0.4 is 10.1 Å². The summed E-state index contributed by atoms with van der Waals surface area (Å²) in [6, 6.07) is 8.16. The molecular formula is C16H23NO2. The van der Waals surface area contributed by atoms with Crippen LogP contribution in [0.4, 0.5) is 0 Å². The predicted octanol–water partition coefficient (Wildman–Crippen LogP) is 3.11. The highest BCUT2D eigenvalue weighted by Crippen LogP contribution is 2.40. The van der Waals surface area contributed by atoms with Crippen molar-refractivity contribution in [3.8, 4) is 5.75 Å². The lowest BCUT2D eigenvalue weighted by atomic mass is 9.82. The van der Waals surface area contributed by atoms with Gasteiger partial charge in [-0.3, -0.25) is 4.79 Å². The summed E-state index contributed by atoms with van der Waals surface area (Å²) in [7, 11) is 3.39. The van der Waals surface area contributed by atoms with Crippen molar-refractivity contribution in [2.45, 2.75) is 38.0 Å². The van der Waals surface area contributed by atoms with Crippen LogP contribution in [0.1, 0.15) is 43.6 Å². The Morgan fingerprint density at radius 2 is 2.16 bits per heavy atom. The van der Waals surface area contributed by atoms with Gasteiger partial charge in [0, 0.05) is 13.5 Å². The van der Waals surface area contributed by atoms with Gasteiger partial charge in [-0.1, -0.05) is 25.0 Å². The molecule has 0 aromatic heterocycles. The van der Waals surface area contributed by atoms with Crippen LogP contribution in [0.25, 0.3) is 0 Å². The van der Waals surface area contributed by atoms with Crippen molar-refractivity contribution in [3.05, 3.63) is 29.8 Å². The van der Waals surface area contributed by atoms with E-state index in [9.17, 15) is 4.79 Å². The number of hydrogen-bond donors (Lipinski definition) is 1. The molecule has 0 saturated heterocycles. The second-order valence-corrected chi connectivity index (χ2v) is 5.30. The zero-order valence-electron chi connectivity index (χ0n) is 11.8. The smallest absolute Gasteiger partial charge is 0.220 e. The van der Waals surface area contributed by atoms with Crippen LogP contribution in [-0.4, -0.2) is 20.1 Å². The Hall–Kier alpha value is -1.51. The van der Waals surface area contributed by atoms with Crippen molar-refractivity contribution in [2.75, 3.05) is 14.2 Å². The minimum atomic E-state index is 0.125. The second-order valence-electron chi connectivity index (χ2n) is 5.30. The van der Waals surface area contributed by atoms with Gasteiger partial charge in [0.25, 0.3) is 0 Å². The molecular weight excluding hydrogens is 238 g/mol. The Kier molecular flexibility index (Phi) is 4.83. The number of ether oxygens (including phenoxy) is 1. The zero-order chi connectivity index (χ0) is 13.7. The fourth-order valence-electron chi connectivity index (χ4n) is 3.09. The first-order valence-electron chi connectivity index (χ1n) is 7.09. The van der Waals surface area contributed by atoms with Gasteiger partial charge >= 0.3 is 0 Å². The van der Waals surface area contributed by atoms with Crippen molar-refractivity contribution in [3.63, 3.8) is 0 Å². The minimum absolute atomic E-state index is 0.125. The van der Waals surface area contributed by atoms with Crippen LogP contribution in [0.3, 0.4) is 0 Å². The third kappa shape index (κ3) is 3.49. The summed E-state index contributed by atoms with van der Waals surface area (Å²) in [5.74, 6) is 1.94. The lowest BCUT2D eigenvalue weighted by Gasteiger charge is -2.23. The summed E-state index contributed by atoms with van der Waals surface area (Å²) in [6.07, 6.45) is 5.63. The van der Waals surface area contributed by atoms with Crippen molar-refractivity contribution in [1.29, 1.82) is 0 Å². The Morgan fingerprint density at radius 3 is 2.79 bits per heavy atom. The van der Waals surface area contributed by atoms with E-state index < -0.39 is 0 Å². The van der Waals surface area contributed by atoms with E-state index >= 15 is 0 Å². The van der Waals surface area contributed by atoms with E-state index in [1.165, 1.54) is 31.2 Å². The number of carbonyl (C=O) groups is 1. The molecule has 1 unspecified atom stereocenters. The van der Waals surface area contributed by atoms with Gasteiger partial charge in [0.15, 0.2) is 0 Å². The first-order valence-corrected chi connectivity index (χ1v) is 7.09. The zero-order valence-corrected chi connectivity index (χ0v) is 11.8. The average molecular weight is 261 g/mol. The number of methoxy groups -OCH3 is 1. The number of amides is 1. The van der Waals surface area contributed by atoms with Gasteiger partial charge < -0.3 is 10.1 Å². The largest absolute Gasteiger partial charge is 0.497 e. The van der Waals surface area contributed by atoms with Crippen molar-refractivity contribution >= 4 is 5.91 Å². The number of carbonyl (C=O) groups excluding carboxylic acids is 1. The van der Waals surface area contributed by atoms with E-state index in [0.29, 0.717) is 18.3 Å². The first-order chi connectivity index (χ1) is 9.24. The van der Waals surface area contributed by atoms with E-state index in [-0.39, 0.29) is 5.91 Å². The maximum atomic E-state index is 11.8. The van der Waals surface area contributed by atoms with E-state index in [1.807, 2.05) is 12.1 Å². The second kappa shape index (κ2) is 6.60. The third-order valence-electron chi connectivity index (χ3n) is 4.17. The molecule has 0 bridgehead atoms. The third-order valence-corrected chi connectivity index (χ3v) is 4.17. The molecule has 3 nitrogen and oxygen atoms in total. The van der Waals surface area contributed by atoms with Crippen LogP contribution in [0.15, 0.2) is 24.3 Å². The molecule has 1 aromatic rings. The van der Waals surface area contributed by atoms with Gasteiger partial charge in [-0.25, -0.2) is 0 Å². The SMILES string of the molecule is CNC(=O)CC(c1cccc(OC)c1)C1CCCC1. The quantitative estimate of drug-likeness (QED) is 0.884. The van der Waals surface area contributed by atoms with E-state index in [1.54, 1.807) is 14.2 Å². The van der Waals surface area contributed by atoms with Gasteiger partial charge in [0.05, 0.1) is 7.11 Å². The Labute approximate surface area is 115 Å². The molecule has 2 rings (SSSR count). The predicted molar refractivity (Wildman–Crippen MR) is 76.4 cm³/mol. The molecule has 1 aliphatic carbocycles. The number of nitrogens with one attached hydrogen (secondary N) is 1. The fourth-order valence-corrected chi connectivity index (χ4v) is 3.09. The van der Waals surface area contributed by atoms with E-state index in [0.717, 1.165) is 5.75 Å². The van der Waals surface area contributed by atoms with Crippen molar-refractivity contribution in [1.82, 2.24) is 5.32 Å². The molecule has 0 radical (unpaired) electrons. The lowest BCUT2D eigenvalue weighted by Crippen LogP contribution is -2.23. The van der Waals surface area contributed by atoms with Gasteiger partial charge in [-0.05, 0) is 42.4 Å². The van der Waals surface area contributed by atoms with Crippen LogP contribution >= 0.6 is 0 Å². The van der Waals surface area contributed by atoms with E-state index in [4.69, 9.17) is 4.74 Å². The van der Waals surface area contributed by atoms with Gasteiger partial charge in [-0.15, -0.1) is 0 Å². The monoisotopic (exact) mass is 261 g/mol. The van der Waals surface area contributed by atoms with Crippen LogP contribution in [0, 0.1) is 5.92 Å². The number of benzene rings is 1. The van der Waals surface area contributed by atoms with Gasteiger partial charge in [0.2, 0.25) is 5.91 Å². The molecule has 1 aromatic carbocycles. The highest BCUT2D eigenvalue weighted by Gasteiger charge is 2.28. The van der Waals surface area contributed by atoms with Gasteiger partial charge in [-0.2, -0.15) is 0 Å². The lowest BCUT2D eigenvalue weighted by molar-refractivity contribution is -0.121. The Balaban J connectivity index is 2.21. The Morgan fingerprint density at radius 1 is 1.42 bits per heavy atom. The fraction of sp³-hybridized carbons (Fsp3) is 0.562. The molecule has 1 N–H and O–H groups in total. The minimum Gasteiger partial charge on any atom is -0.497 e. The topological polar surface area (TPSA) is 38.3 Å². The summed E-state index contributed by atoms with van der Waals surface area (Å²) in [4.78, 5) is 11.8. The first kappa shape index (κ1) is 13.9. The summed E-state index contributed by atoms with van der Waals surface area (Å²) in [6.45, 7) is 0. The molecule has 0 aliphatic heterocycles. The molecule has 1 fully saturated rings. The molecule has 1 aliphatic rings. The normalized spacial score (nSPS) is 17.2. The standard InChI is InChI=1S/C16H23NO2/c1-17-16(18)11-15(12-6-3-4-7-12)13-8-5-9-14(10-13)19-2/h5,8-10,12,15H,3-4,6-7,11H2,1-2H3,(H,17,18). The van der Waals surface area contributed by atoms with Crippen molar-refractivity contribution in [2.24, 2.45) is 5.92 Å². The van der Waals surface area contributed by atoms with Crippen LogP contribution in [0.2, 0.25) is 0 Å². The summed E-state index contributed by atoms with van der Waals surface area (Å²) < 4.78 is 5.30. The van der Waals surface area contributed by atoms with E-state index in [2.05, 4.69) is 17.4 Å². The molecule has 0 heterocycles. The molecule has 1 amide bonds. The summed E-state index contributed by atoms with van der Waals surface area (Å²) in [5.41, 5.74) is 1.23. The molecule has 1 saturated carbocycles. The number of rotatable bonds is 5. The van der Waals surface area contributed by atoms with Crippen LogP contribution in [0.5, 0.6) is 5.75 Å². The highest BCUT2D eigenvalue weighted by atomic mass is 16.5. The maximum absolute atomic E-state index is 11.8. The Bertz CT molecular complexity index is 425. The van der Waals surface area contributed by atoms with Gasteiger partial charge in [0.1, 0.15) is 5.75 Å².